The van der Waals surface area contributed by atoms with E-state index in [0.717, 1.165) is 23.4 Å². The Bertz CT molecular complexity index is 562. The van der Waals surface area contributed by atoms with Gasteiger partial charge in [0.05, 0.1) is 11.0 Å². The van der Waals surface area contributed by atoms with E-state index in [1.807, 2.05) is 38.1 Å². The topological polar surface area (TPSA) is 56.5 Å². The molecule has 1 aromatic carbocycles. The number of fused-ring (bicyclic) bond motifs is 1. The van der Waals surface area contributed by atoms with Crippen LogP contribution in [0.4, 0.5) is 0 Å². The molecule has 0 fully saturated rings. The van der Waals surface area contributed by atoms with E-state index in [0.29, 0.717) is 19.6 Å². The zero-order valence-corrected chi connectivity index (χ0v) is 13.0. The Morgan fingerprint density at radius 3 is 2.43 bits per heavy atom. The van der Waals surface area contributed by atoms with Crippen LogP contribution in [-0.4, -0.2) is 40.3 Å². The number of ether oxygens (including phenoxy) is 2. The number of nitrogens with zero attached hydrogens (tertiary/aromatic N) is 2. The van der Waals surface area contributed by atoms with Crippen LogP contribution in [0.25, 0.3) is 11.0 Å². The molecule has 0 spiro atoms. The average Bonchev–Trinajstić information content (AvgIpc) is 2.83. The van der Waals surface area contributed by atoms with Crippen molar-refractivity contribution in [3.63, 3.8) is 0 Å². The Kier molecular flexibility index (Phi) is 5.73. The maximum atomic E-state index is 10.4. The summed E-state index contributed by atoms with van der Waals surface area (Å²) in [5, 5.41) is 10.4. The quantitative estimate of drug-likeness (QED) is 0.759. The Labute approximate surface area is 125 Å². The summed E-state index contributed by atoms with van der Waals surface area (Å²) in [6.45, 7) is 7.68. The highest BCUT2D eigenvalue weighted by atomic mass is 16.7. The molecule has 116 valence electrons. The first-order valence-corrected chi connectivity index (χ1v) is 7.56. The molecule has 0 saturated carbocycles. The third-order valence-electron chi connectivity index (χ3n) is 3.42. The number of rotatable bonds is 8. The van der Waals surface area contributed by atoms with Crippen LogP contribution < -0.4 is 0 Å². The fourth-order valence-corrected chi connectivity index (χ4v) is 2.52. The van der Waals surface area contributed by atoms with E-state index in [9.17, 15) is 5.11 Å². The van der Waals surface area contributed by atoms with Crippen LogP contribution in [0.1, 0.15) is 26.6 Å². The van der Waals surface area contributed by atoms with Gasteiger partial charge in [-0.05, 0) is 32.9 Å². The van der Waals surface area contributed by atoms with E-state index in [2.05, 4.69) is 16.5 Å². The summed E-state index contributed by atoms with van der Waals surface area (Å²) >= 11 is 0. The lowest BCUT2D eigenvalue weighted by Crippen LogP contribution is -2.34. The van der Waals surface area contributed by atoms with E-state index in [1.54, 1.807) is 0 Å². The van der Waals surface area contributed by atoms with E-state index in [4.69, 9.17) is 9.47 Å². The van der Waals surface area contributed by atoms with E-state index in [-0.39, 0.29) is 0 Å². The van der Waals surface area contributed by atoms with Gasteiger partial charge in [0.2, 0.25) is 0 Å². The van der Waals surface area contributed by atoms with Crippen molar-refractivity contribution in [2.24, 2.45) is 0 Å². The molecule has 1 N–H and O–H groups in total. The summed E-state index contributed by atoms with van der Waals surface area (Å²) in [4.78, 5) is 4.62. The third-order valence-corrected chi connectivity index (χ3v) is 3.42. The number of benzene rings is 1. The number of aliphatic hydroxyl groups excluding tert-OH is 1. The molecular weight excluding hydrogens is 268 g/mol. The van der Waals surface area contributed by atoms with Crippen LogP contribution in [0.15, 0.2) is 24.3 Å². The molecule has 0 radical (unpaired) electrons. The summed E-state index contributed by atoms with van der Waals surface area (Å²) in [6, 6.07) is 8.00. The van der Waals surface area contributed by atoms with Gasteiger partial charge in [0.25, 0.3) is 0 Å². The fourth-order valence-electron chi connectivity index (χ4n) is 2.52. The molecule has 5 heteroatoms. The van der Waals surface area contributed by atoms with Gasteiger partial charge in [-0.3, -0.25) is 0 Å². The van der Waals surface area contributed by atoms with Crippen LogP contribution in [0.2, 0.25) is 0 Å². The zero-order chi connectivity index (χ0) is 15.2. The molecule has 1 unspecified atom stereocenters. The monoisotopic (exact) mass is 292 g/mol. The van der Waals surface area contributed by atoms with Crippen molar-refractivity contribution >= 4 is 11.0 Å². The molecule has 1 heterocycles. The van der Waals surface area contributed by atoms with E-state index in [1.165, 1.54) is 0 Å². The molecule has 1 aromatic heterocycles. The predicted molar refractivity (Wildman–Crippen MR) is 82.2 cm³/mol. The van der Waals surface area contributed by atoms with Crippen LogP contribution in [0.3, 0.4) is 0 Å². The predicted octanol–water partition coefficient (Wildman–Crippen LogP) is 2.36. The minimum Gasteiger partial charge on any atom is -0.387 e. The van der Waals surface area contributed by atoms with Crippen LogP contribution in [0, 0.1) is 0 Å². The van der Waals surface area contributed by atoms with Crippen molar-refractivity contribution in [1.82, 2.24) is 9.55 Å². The van der Waals surface area contributed by atoms with Gasteiger partial charge in [-0.25, -0.2) is 4.98 Å². The standard InChI is InChI=1S/C16H24N2O3/c1-4-18-13-10-8-7-9-12(13)17-15(18)11-14(19)16(20-5-2)21-6-3/h7-10,14,16,19H,4-6,11H2,1-3H3. The Hall–Kier alpha value is -1.43. The minimum absolute atomic E-state index is 0.410. The SMILES string of the molecule is CCOC(OCC)C(O)Cc1nc2ccccc2n1CC. The van der Waals surface area contributed by atoms with Crippen molar-refractivity contribution in [3.8, 4) is 0 Å². The second kappa shape index (κ2) is 7.54. The van der Waals surface area contributed by atoms with Gasteiger partial charge < -0.3 is 19.1 Å². The lowest BCUT2D eigenvalue weighted by molar-refractivity contribution is -0.189. The van der Waals surface area contributed by atoms with Crippen LogP contribution in [-0.2, 0) is 22.4 Å². The molecule has 0 saturated heterocycles. The van der Waals surface area contributed by atoms with Crippen LogP contribution >= 0.6 is 0 Å². The first kappa shape index (κ1) is 15.9. The molecule has 5 nitrogen and oxygen atoms in total. The number of para-hydroxylation sites is 2. The van der Waals surface area contributed by atoms with Crippen molar-refractivity contribution in [3.05, 3.63) is 30.1 Å². The van der Waals surface area contributed by atoms with E-state index >= 15 is 0 Å². The van der Waals surface area contributed by atoms with Crippen molar-refractivity contribution < 1.29 is 14.6 Å². The molecule has 0 aliphatic heterocycles. The van der Waals surface area contributed by atoms with Gasteiger partial charge >= 0.3 is 0 Å². The maximum Gasteiger partial charge on any atom is 0.183 e. The van der Waals surface area contributed by atoms with Gasteiger partial charge in [0, 0.05) is 26.2 Å². The second-order valence-electron chi connectivity index (χ2n) is 4.81. The summed E-state index contributed by atoms with van der Waals surface area (Å²) in [5.41, 5.74) is 2.04. The zero-order valence-electron chi connectivity index (χ0n) is 13.0. The van der Waals surface area contributed by atoms with Gasteiger partial charge in [0.15, 0.2) is 6.29 Å². The molecule has 0 amide bonds. The van der Waals surface area contributed by atoms with Crippen molar-refractivity contribution in [2.45, 2.75) is 46.1 Å². The summed E-state index contributed by atoms with van der Waals surface area (Å²) in [5.74, 6) is 0.857. The summed E-state index contributed by atoms with van der Waals surface area (Å²) in [6.07, 6.45) is -0.926. The first-order valence-electron chi connectivity index (χ1n) is 7.56. The number of hydrogen-bond donors (Lipinski definition) is 1. The van der Waals surface area contributed by atoms with Crippen molar-refractivity contribution in [2.75, 3.05) is 13.2 Å². The lowest BCUT2D eigenvalue weighted by Gasteiger charge is -2.22. The molecule has 0 bridgehead atoms. The lowest BCUT2D eigenvalue weighted by atomic mass is 10.2. The molecule has 2 aromatic rings. The third kappa shape index (κ3) is 3.61. The highest BCUT2D eigenvalue weighted by Crippen LogP contribution is 2.18. The molecule has 21 heavy (non-hydrogen) atoms. The Morgan fingerprint density at radius 1 is 1.14 bits per heavy atom. The van der Waals surface area contributed by atoms with Gasteiger partial charge in [0.1, 0.15) is 11.9 Å². The van der Waals surface area contributed by atoms with E-state index < -0.39 is 12.4 Å². The minimum atomic E-state index is -0.730. The molecular formula is C16H24N2O3. The Morgan fingerprint density at radius 2 is 1.81 bits per heavy atom. The smallest absolute Gasteiger partial charge is 0.183 e. The molecule has 0 aliphatic rings. The molecule has 1 atom stereocenters. The normalized spacial score (nSPS) is 13.2. The maximum absolute atomic E-state index is 10.4. The highest BCUT2D eigenvalue weighted by Gasteiger charge is 2.23. The second-order valence-corrected chi connectivity index (χ2v) is 4.81. The van der Waals surface area contributed by atoms with Gasteiger partial charge in [-0.2, -0.15) is 0 Å². The average molecular weight is 292 g/mol. The van der Waals surface area contributed by atoms with Gasteiger partial charge in [-0.15, -0.1) is 0 Å². The number of aromatic nitrogens is 2. The van der Waals surface area contributed by atoms with Gasteiger partial charge in [-0.1, -0.05) is 12.1 Å². The number of aliphatic hydroxyl groups is 1. The highest BCUT2D eigenvalue weighted by molar-refractivity contribution is 5.75. The largest absolute Gasteiger partial charge is 0.387 e. The number of imidazole rings is 1. The Balaban J connectivity index is 2.21. The molecule has 2 rings (SSSR count). The first-order chi connectivity index (χ1) is 10.2. The van der Waals surface area contributed by atoms with Crippen LogP contribution in [0.5, 0.6) is 0 Å². The number of hydrogen-bond acceptors (Lipinski definition) is 4. The summed E-state index contributed by atoms with van der Waals surface area (Å²) in [7, 11) is 0. The summed E-state index contributed by atoms with van der Waals surface area (Å²) < 4.78 is 13.0. The van der Waals surface area contributed by atoms with Crippen molar-refractivity contribution in [1.29, 1.82) is 0 Å². The molecule has 0 aliphatic carbocycles. The number of aryl methyl sites for hydroxylation is 1. The fraction of sp³-hybridized carbons (Fsp3) is 0.562.